The molecule has 142 valence electrons. The van der Waals surface area contributed by atoms with Crippen LogP contribution in [0.25, 0.3) is 0 Å². The van der Waals surface area contributed by atoms with Gasteiger partial charge in [0.1, 0.15) is 5.75 Å². The molecule has 0 bridgehead atoms. The first kappa shape index (κ1) is 20.0. The molecule has 0 unspecified atom stereocenters. The molecule has 7 heteroatoms. The Morgan fingerprint density at radius 2 is 1.81 bits per heavy atom. The average Bonchev–Trinajstić information content (AvgIpc) is 2.93. The molecule has 27 heavy (non-hydrogen) atoms. The molecule has 0 atom stereocenters. The number of nitrogens with zero attached hydrogens (tertiary/aromatic N) is 1. The molecular weight excluding hydrogens is 348 g/mol. The molecule has 2 rings (SSSR count). The third-order valence-corrected chi connectivity index (χ3v) is 3.99. The summed E-state index contributed by atoms with van der Waals surface area (Å²) in [5.41, 5.74) is 7.54. The van der Waals surface area contributed by atoms with Crippen LogP contribution in [-0.2, 0) is 16.1 Å². The fraction of sp³-hybridized carbons (Fsp3) is 0.250. The number of ketones is 1. The Labute approximate surface area is 157 Å². The van der Waals surface area contributed by atoms with Crippen LogP contribution in [0.1, 0.15) is 32.1 Å². The van der Waals surface area contributed by atoms with Crippen molar-refractivity contribution < 1.29 is 23.9 Å². The summed E-state index contributed by atoms with van der Waals surface area (Å²) in [6.07, 6.45) is 1.76. The Morgan fingerprint density at radius 1 is 1.15 bits per heavy atom. The van der Waals surface area contributed by atoms with E-state index < -0.39 is 11.9 Å². The molecule has 7 nitrogen and oxygen atoms in total. The highest BCUT2D eigenvalue weighted by Crippen LogP contribution is 2.17. The number of aromatic nitrogens is 1. The standard InChI is InChI=1S/C20H22N2O5/c1-4-9-22-13(2)10-17(14(22)3)18(23)11-27-20(25)15-5-7-16(8-6-15)26-12-19(21)24/h4-8,10H,1,9,11-12H2,2-3H3,(H2,21,24). The molecule has 0 saturated heterocycles. The monoisotopic (exact) mass is 370 g/mol. The summed E-state index contributed by atoms with van der Waals surface area (Å²) in [7, 11) is 0. The Kier molecular flexibility index (Phi) is 6.54. The zero-order chi connectivity index (χ0) is 20.0. The number of esters is 1. The third-order valence-electron chi connectivity index (χ3n) is 3.99. The normalized spacial score (nSPS) is 10.3. The lowest BCUT2D eigenvalue weighted by molar-refractivity contribution is -0.119. The lowest BCUT2D eigenvalue weighted by Crippen LogP contribution is -2.20. The number of amides is 1. The number of hydrogen-bond acceptors (Lipinski definition) is 5. The molecule has 0 radical (unpaired) electrons. The fourth-order valence-corrected chi connectivity index (χ4v) is 2.63. The van der Waals surface area contributed by atoms with E-state index in [2.05, 4.69) is 6.58 Å². The maximum Gasteiger partial charge on any atom is 0.338 e. The molecular formula is C20H22N2O5. The van der Waals surface area contributed by atoms with Crippen molar-refractivity contribution in [3.05, 3.63) is 65.5 Å². The van der Waals surface area contributed by atoms with Gasteiger partial charge in [-0.3, -0.25) is 9.59 Å². The van der Waals surface area contributed by atoms with Gasteiger partial charge in [-0.05, 0) is 44.2 Å². The molecule has 1 aromatic carbocycles. The minimum atomic E-state index is -0.621. The van der Waals surface area contributed by atoms with E-state index in [-0.39, 0.29) is 24.6 Å². The highest BCUT2D eigenvalue weighted by molar-refractivity contribution is 6.00. The molecule has 1 heterocycles. The molecule has 0 aliphatic carbocycles. The molecule has 1 aromatic heterocycles. The number of aryl methyl sites for hydroxylation is 1. The fourth-order valence-electron chi connectivity index (χ4n) is 2.63. The minimum absolute atomic E-state index is 0.247. The van der Waals surface area contributed by atoms with Crippen LogP contribution in [0.15, 0.2) is 43.0 Å². The van der Waals surface area contributed by atoms with Crippen LogP contribution >= 0.6 is 0 Å². The van der Waals surface area contributed by atoms with Crippen molar-refractivity contribution in [3.8, 4) is 5.75 Å². The number of primary amides is 1. The smallest absolute Gasteiger partial charge is 0.338 e. The second-order valence-electron chi connectivity index (χ2n) is 5.96. The second-order valence-corrected chi connectivity index (χ2v) is 5.96. The number of ether oxygens (including phenoxy) is 2. The first-order chi connectivity index (χ1) is 12.8. The number of rotatable bonds is 9. The quantitative estimate of drug-likeness (QED) is 0.414. The van der Waals surface area contributed by atoms with E-state index in [1.807, 2.05) is 18.4 Å². The summed E-state index contributed by atoms with van der Waals surface area (Å²) in [6, 6.07) is 7.78. The molecule has 0 fully saturated rings. The van der Waals surface area contributed by atoms with Gasteiger partial charge in [-0.15, -0.1) is 6.58 Å². The SMILES string of the molecule is C=CCn1c(C)cc(C(=O)COC(=O)c2ccc(OCC(N)=O)cc2)c1C. The summed E-state index contributed by atoms with van der Waals surface area (Å²) in [4.78, 5) is 35.2. The van der Waals surface area contributed by atoms with Crippen molar-refractivity contribution in [2.24, 2.45) is 5.73 Å². The van der Waals surface area contributed by atoms with E-state index >= 15 is 0 Å². The topological polar surface area (TPSA) is 101 Å². The third kappa shape index (κ3) is 5.07. The van der Waals surface area contributed by atoms with Gasteiger partial charge in [0.15, 0.2) is 13.2 Å². The van der Waals surface area contributed by atoms with E-state index in [0.29, 0.717) is 17.9 Å². The maximum atomic E-state index is 12.4. The van der Waals surface area contributed by atoms with E-state index in [1.165, 1.54) is 24.3 Å². The van der Waals surface area contributed by atoms with Crippen molar-refractivity contribution in [2.75, 3.05) is 13.2 Å². The number of carbonyl (C=O) groups is 3. The van der Waals surface area contributed by atoms with Crippen LogP contribution in [0.2, 0.25) is 0 Å². The largest absolute Gasteiger partial charge is 0.484 e. The molecule has 2 N–H and O–H groups in total. The first-order valence-electron chi connectivity index (χ1n) is 8.32. The van der Waals surface area contributed by atoms with Gasteiger partial charge in [0, 0.05) is 23.5 Å². The summed E-state index contributed by atoms with van der Waals surface area (Å²) in [6.45, 7) is 7.46. The van der Waals surface area contributed by atoms with Gasteiger partial charge < -0.3 is 19.8 Å². The lowest BCUT2D eigenvalue weighted by atomic mass is 10.1. The zero-order valence-electron chi connectivity index (χ0n) is 15.4. The second kappa shape index (κ2) is 8.84. The number of hydrogen-bond donors (Lipinski definition) is 1. The van der Waals surface area contributed by atoms with Crippen LogP contribution in [0.5, 0.6) is 5.75 Å². The van der Waals surface area contributed by atoms with Gasteiger partial charge in [-0.1, -0.05) is 6.08 Å². The van der Waals surface area contributed by atoms with Crippen molar-refractivity contribution in [2.45, 2.75) is 20.4 Å². The molecule has 1 amide bonds. The number of carbonyl (C=O) groups excluding carboxylic acids is 3. The van der Waals surface area contributed by atoms with E-state index in [1.54, 1.807) is 12.1 Å². The van der Waals surface area contributed by atoms with Gasteiger partial charge >= 0.3 is 5.97 Å². The van der Waals surface area contributed by atoms with E-state index in [4.69, 9.17) is 15.2 Å². The van der Waals surface area contributed by atoms with Crippen LogP contribution in [0.4, 0.5) is 0 Å². The van der Waals surface area contributed by atoms with Crippen molar-refractivity contribution in [3.63, 3.8) is 0 Å². The Morgan fingerprint density at radius 3 is 2.41 bits per heavy atom. The number of benzene rings is 1. The number of nitrogens with two attached hydrogens (primary N) is 1. The summed E-state index contributed by atoms with van der Waals surface area (Å²) in [5.74, 6) is -1.08. The molecule has 0 saturated carbocycles. The van der Waals surface area contributed by atoms with Gasteiger partial charge in [0.05, 0.1) is 5.56 Å². The lowest BCUT2D eigenvalue weighted by Gasteiger charge is -2.07. The predicted octanol–water partition coefficient (Wildman–Crippen LogP) is 2.19. The van der Waals surface area contributed by atoms with Crippen molar-refractivity contribution in [1.82, 2.24) is 4.57 Å². The van der Waals surface area contributed by atoms with Crippen LogP contribution in [0, 0.1) is 13.8 Å². The van der Waals surface area contributed by atoms with Crippen molar-refractivity contribution in [1.29, 1.82) is 0 Å². The van der Waals surface area contributed by atoms with Crippen LogP contribution in [0.3, 0.4) is 0 Å². The van der Waals surface area contributed by atoms with E-state index in [9.17, 15) is 14.4 Å². The predicted molar refractivity (Wildman–Crippen MR) is 99.8 cm³/mol. The van der Waals surface area contributed by atoms with Crippen LogP contribution < -0.4 is 10.5 Å². The summed E-state index contributed by atoms with van der Waals surface area (Å²) < 4.78 is 12.2. The minimum Gasteiger partial charge on any atom is -0.484 e. The number of allylic oxidation sites excluding steroid dienone is 1. The Hall–Kier alpha value is -3.35. The maximum absolute atomic E-state index is 12.4. The van der Waals surface area contributed by atoms with Gasteiger partial charge in [0.2, 0.25) is 5.78 Å². The number of Topliss-reactive ketones (excluding diaryl/α,β-unsaturated/α-hetero) is 1. The highest BCUT2D eigenvalue weighted by Gasteiger charge is 2.17. The van der Waals surface area contributed by atoms with E-state index in [0.717, 1.165) is 11.4 Å². The molecule has 0 aliphatic heterocycles. The average molecular weight is 370 g/mol. The molecule has 0 aliphatic rings. The van der Waals surface area contributed by atoms with Gasteiger partial charge in [0.25, 0.3) is 5.91 Å². The molecule has 2 aromatic rings. The van der Waals surface area contributed by atoms with Crippen LogP contribution in [-0.4, -0.2) is 35.4 Å². The zero-order valence-corrected chi connectivity index (χ0v) is 15.4. The van der Waals surface area contributed by atoms with Gasteiger partial charge in [-0.25, -0.2) is 4.79 Å². The van der Waals surface area contributed by atoms with Gasteiger partial charge in [-0.2, -0.15) is 0 Å². The summed E-state index contributed by atoms with van der Waals surface area (Å²) in [5, 5.41) is 0. The Balaban J connectivity index is 1.97. The summed E-state index contributed by atoms with van der Waals surface area (Å²) >= 11 is 0. The Bertz CT molecular complexity index is 865. The molecule has 0 spiro atoms. The highest BCUT2D eigenvalue weighted by atomic mass is 16.5. The van der Waals surface area contributed by atoms with Crippen molar-refractivity contribution >= 4 is 17.7 Å². The first-order valence-corrected chi connectivity index (χ1v) is 8.32.